The third-order valence-corrected chi connectivity index (χ3v) is 2.94. The smallest absolute Gasteiger partial charge is 0.161 e. The van der Waals surface area contributed by atoms with E-state index in [4.69, 9.17) is 0 Å². The van der Waals surface area contributed by atoms with E-state index in [2.05, 4.69) is 25.3 Å². The second-order valence-electron chi connectivity index (χ2n) is 4.32. The van der Waals surface area contributed by atoms with E-state index in [0.717, 1.165) is 22.9 Å². The molecule has 0 spiro atoms. The van der Waals surface area contributed by atoms with Crippen molar-refractivity contribution in [3.8, 4) is 5.82 Å². The predicted octanol–water partition coefficient (Wildman–Crippen LogP) is 1.98. The van der Waals surface area contributed by atoms with Crippen LogP contribution in [0.15, 0.2) is 49.4 Å². The van der Waals surface area contributed by atoms with Gasteiger partial charge in [-0.2, -0.15) is 0 Å². The summed E-state index contributed by atoms with van der Waals surface area (Å²) in [4.78, 5) is 16.7. The molecule has 0 aliphatic carbocycles. The zero-order valence-electron chi connectivity index (χ0n) is 11.1. The fourth-order valence-corrected chi connectivity index (χ4v) is 1.95. The van der Waals surface area contributed by atoms with Gasteiger partial charge in [0.25, 0.3) is 0 Å². The van der Waals surface area contributed by atoms with Crippen molar-refractivity contribution in [2.24, 2.45) is 0 Å². The van der Waals surface area contributed by atoms with E-state index in [-0.39, 0.29) is 0 Å². The third kappa shape index (κ3) is 2.49. The first-order valence-electron chi connectivity index (χ1n) is 6.27. The summed E-state index contributed by atoms with van der Waals surface area (Å²) in [5.74, 6) is 1.73. The molecule has 0 unspecified atom stereocenters. The maximum Gasteiger partial charge on any atom is 0.161 e. The third-order valence-electron chi connectivity index (χ3n) is 2.94. The number of aromatic nitrogens is 5. The highest BCUT2D eigenvalue weighted by Crippen LogP contribution is 2.19. The van der Waals surface area contributed by atoms with Crippen LogP contribution in [0.3, 0.4) is 0 Å². The van der Waals surface area contributed by atoms with Crippen molar-refractivity contribution < 1.29 is 0 Å². The molecule has 0 amide bonds. The number of nitrogens with zero attached hydrogens (tertiary/aromatic N) is 5. The van der Waals surface area contributed by atoms with Crippen LogP contribution in [0.5, 0.6) is 0 Å². The number of pyridine rings is 1. The summed E-state index contributed by atoms with van der Waals surface area (Å²) < 4.78 is 1.95. The Labute approximate surface area is 116 Å². The molecule has 0 aliphatic rings. The first-order valence-corrected chi connectivity index (χ1v) is 6.27. The summed E-state index contributed by atoms with van der Waals surface area (Å²) in [6, 6.07) is 3.89. The summed E-state index contributed by atoms with van der Waals surface area (Å²) in [7, 11) is 0. The zero-order chi connectivity index (χ0) is 13.8. The van der Waals surface area contributed by atoms with Gasteiger partial charge in [-0.1, -0.05) is 0 Å². The summed E-state index contributed by atoms with van der Waals surface area (Å²) >= 11 is 0. The molecular weight excluding hydrogens is 252 g/mol. The molecule has 0 radical (unpaired) electrons. The Balaban J connectivity index is 1.86. The number of hydrogen-bond donors (Lipinski definition) is 1. The molecule has 0 aliphatic heterocycles. The van der Waals surface area contributed by atoms with E-state index in [1.165, 1.54) is 6.33 Å². The van der Waals surface area contributed by atoms with Gasteiger partial charge in [-0.05, 0) is 19.1 Å². The van der Waals surface area contributed by atoms with E-state index >= 15 is 0 Å². The van der Waals surface area contributed by atoms with Crippen LogP contribution in [-0.2, 0) is 6.54 Å². The Morgan fingerprint density at radius 1 is 1.15 bits per heavy atom. The molecule has 3 aromatic rings. The van der Waals surface area contributed by atoms with Gasteiger partial charge in [0.1, 0.15) is 12.2 Å². The molecule has 0 bridgehead atoms. The van der Waals surface area contributed by atoms with Gasteiger partial charge < -0.3 is 5.32 Å². The number of imidazole rings is 1. The quantitative estimate of drug-likeness (QED) is 0.782. The molecule has 3 aromatic heterocycles. The first kappa shape index (κ1) is 12.3. The topological polar surface area (TPSA) is 68.5 Å². The lowest BCUT2D eigenvalue weighted by Crippen LogP contribution is -2.07. The number of hydrogen-bond acceptors (Lipinski definition) is 5. The van der Waals surface area contributed by atoms with Crippen molar-refractivity contribution in [2.75, 3.05) is 5.32 Å². The Kier molecular flexibility index (Phi) is 3.36. The van der Waals surface area contributed by atoms with Gasteiger partial charge in [0, 0.05) is 43.1 Å². The minimum absolute atomic E-state index is 0.646. The van der Waals surface area contributed by atoms with Gasteiger partial charge >= 0.3 is 0 Å². The van der Waals surface area contributed by atoms with Crippen LogP contribution in [0.4, 0.5) is 5.69 Å². The number of aryl methyl sites for hydroxylation is 1. The molecule has 100 valence electrons. The van der Waals surface area contributed by atoms with Gasteiger partial charge in [0.15, 0.2) is 5.82 Å². The standard InChI is InChI=1S/C14H14N6/c1-11-17-5-6-20(11)14-13(3-2-4-18-14)19-9-12-7-15-10-16-8-12/h2-8,10,19H,9H2,1H3. The van der Waals surface area contributed by atoms with Crippen LogP contribution in [0.1, 0.15) is 11.4 Å². The lowest BCUT2D eigenvalue weighted by Gasteiger charge is -2.12. The SMILES string of the molecule is Cc1nccn1-c1ncccc1NCc1cncnc1. The second kappa shape index (κ2) is 5.48. The van der Waals surface area contributed by atoms with Crippen LogP contribution in [0, 0.1) is 6.92 Å². The van der Waals surface area contributed by atoms with Crippen molar-refractivity contribution in [3.63, 3.8) is 0 Å². The van der Waals surface area contributed by atoms with Crippen molar-refractivity contribution >= 4 is 5.69 Å². The molecule has 20 heavy (non-hydrogen) atoms. The minimum atomic E-state index is 0.646. The molecule has 3 heterocycles. The van der Waals surface area contributed by atoms with E-state index in [1.54, 1.807) is 24.8 Å². The predicted molar refractivity (Wildman–Crippen MR) is 75.5 cm³/mol. The van der Waals surface area contributed by atoms with Crippen LogP contribution < -0.4 is 5.32 Å². The van der Waals surface area contributed by atoms with Crippen molar-refractivity contribution in [1.82, 2.24) is 24.5 Å². The molecular formula is C14H14N6. The molecule has 1 N–H and O–H groups in total. The van der Waals surface area contributed by atoms with E-state index in [1.807, 2.05) is 29.8 Å². The Morgan fingerprint density at radius 2 is 2.00 bits per heavy atom. The molecule has 3 rings (SSSR count). The average Bonchev–Trinajstić information content (AvgIpc) is 2.92. The molecule has 0 saturated carbocycles. The maximum absolute atomic E-state index is 4.42. The van der Waals surface area contributed by atoms with Gasteiger partial charge in [0.2, 0.25) is 0 Å². The van der Waals surface area contributed by atoms with Gasteiger partial charge in [-0.3, -0.25) is 4.57 Å². The normalized spacial score (nSPS) is 10.4. The average molecular weight is 266 g/mol. The summed E-state index contributed by atoms with van der Waals surface area (Å²) in [6.45, 7) is 2.59. The van der Waals surface area contributed by atoms with Crippen LogP contribution in [-0.4, -0.2) is 24.5 Å². The van der Waals surface area contributed by atoms with Crippen LogP contribution >= 0.6 is 0 Å². The Bertz CT molecular complexity index is 692. The Morgan fingerprint density at radius 3 is 2.75 bits per heavy atom. The number of nitrogens with one attached hydrogen (secondary N) is 1. The fraction of sp³-hybridized carbons (Fsp3) is 0.143. The number of anilines is 1. The van der Waals surface area contributed by atoms with Gasteiger partial charge in [-0.25, -0.2) is 19.9 Å². The molecule has 0 aromatic carbocycles. The number of rotatable bonds is 4. The molecule has 6 heteroatoms. The largest absolute Gasteiger partial charge is 0.378 e. The monoisotopic (exact) mass is 266 g/mol. The van der Waals surface area contributed by atoms with E-state index in [9.17, 15) is 0 Å². The van der Waals surface area contributed by atoms with Gasteiger partial charge in [-0.15, -0.1) is 0 Å². The maximum atomic E-state index is 4.42. The summed E-state index contributed by atoms with van der Waals surface area (Å²) in [5, 5.41) is 3.35. The van der Waals surface area contributed by atoms with E-state index in [0.29, 0.717) is 6.54 Å². The van der Waals surface area contributed by atoms with Crippen LogP contribution in [0.25, 0.3) is 5.82 Å². The second-order valence-corrected chi connectivity index (χ2v) is 4.32. The highest BCUT2D eigenvalue weighted by molar-refractivity contribution is 5.57. The lowest BCUT2D eigenvalue weighted by molar-refractivity contribution is 0.927. The Hall–Kier alpha value is -2.76. The summed E-state index contributed by atoms with van der Waals surface area (Å²) in [6.07, 6.45) is 10.5. The van der Waals surface area contributed by atoms with E-state index < -0.39 is 0 Å². The minimum Gasteiger partial charge on any atom is -0.378 e. The lowest BCUT2D eigenvalue weighted by atomic mass is 10.3. The molecule has 0 saturated heterocycles. The fourth-order valence-electron chi connectivity index (χ4n) is 1.95. The van der Waals surface area contributed by atoms with Crippen molar-refractivity contribution in [2.45, 2.75) is 13.5 Å². The molecule has 0 fully saturated rings. The summed E-state index contributed by atoms with van der Waals surface area (Å²) in [5.41, 5.74) is 1.96. The molecule has 0 atom stereocenters. The highest BCUT2D eigenvalue weighted by atomic mass is 15.1. The van der Waals surface area contributed by atoms with Crippen LogP contribution in [0.2, 0.25) is 0 Å². The van der Waals surface area contributed by atoms with Crippen molar-refractivity contribution in [3.05, 3.63) is 60.8 Å². The van der Waals surface area contributed by atoms with Gasteiger partial charge in [0.05, 0.1) is 5.69 Å². The zero-order valence-corrected chi connectivity index (χ0v) is 11.1. The highest BCUT2D eigenvalue weighted by Gasteiger charge is 2.07. The van der Waals surface area contributed by atoms with Crippen molar-refractivity contribution in [1.29, 1.82) is 0 Å². The first-order chi connectivity index (χ1) is 9.84. The molecule has 6 nitrogen and oxygen atoms in total.